The average Bonchev–Trinajstić information content (AvgIpc) is 3.33. The molecule has 0 bridgehead atoms. The van der Waals surface area contributed by atoms with E-state index in [1.165, 1.54) is 23.1 Å². The van der Waals surface area contributed by atoms with E-state index >= 15 is 0 Å². The summed E-state index contributed by atoms with van der Waals surface area (Å²) in [7, 11) is 1.64. The number of nitro benzene ring substituents is 1. The molecule has 0 aliphatic rings. The van der Waals surface area contributed by atoms with Crippen LogP contribution in [0, 0.1) is 10.1 Å². The summed E-state index contributed by atoms with van der Waals surface area (Å²) in [5.74, 6) is 0.298. The molecule has 2 aromatic heterocycles. The molecule has 3 aromatic rings. The highest BCUT2D eigenvalue weighted by Crippen LogP contribution is 2.27. The fourth-order valence-electron chi connectivity index (χ4n) is 2.75. The van der Waals surface area contributed by atoms with Crippen molar-refractivity contribution in [1.82, 2.24) is 14.7 Å². The highest BCUT2D eigenvalue weighted by molar-refractivity contribution is 6.31. The second-order valence-electron chi connectivity index (χ2n) is 6.20. The van der Waals surface area contributed by atoms with Gasteiger partial charge in [0, 0.05) is 19.7 Å². The largest absolute Gasteiger partial charge is 0.479 e. The van der Waals surface area contributed by atoms with Gasteiger partial charge in [0.15, 0.2) is 11.5 Å². The monoisotopic (exact) mass is 418 g/mol. The van der Waals surface area contributed by atoms with Crippen LogP contribution in [0.5, 0.6) is 5.75 Å². The molecule has 0 spiro atoms. The Hall–Kier alpha value is -3.33. The number of carbonyl (C=O) groups is 1. The first-order valence-electron chi connectivity index (χ1n) is 8.81. The molecular weight excluding hydrogens is 400 g/mol. The lowest BCUT2D eigenvalue weighted by Crippen LogP contribution is -2.27. The van der Waals surface area contributed by atoms with Gasteiger partial charge >= 0.3 is 5.69 Å². The number of rotatable bonds is 8. The van der Waals surface area contributed by atoms with Crippen molar-refractivity contribution in [2.45, 2.75) is 26.6 Å². The summed E-state index contributed by atoms with van der Waals surface area (Å²) < 4.78 is 12.8. The zero-order chi connectivity index (χ0) is 21.0. The minimum atomic E-state index is -0.520. The van der Waals surface area contributed by atoms with E-state index < -0.39 is 4.92 Å². The fourth-order valence-corrected chi connectivity index (χ4v) is 2.95. The van der Waals surface area contributed by atoms with E-state index in [1.807, 2.05) is 6.92 Å². The summed E-state index contributed by atoms with van der Waals surface area (Å²) in [5, 5.41) is 15.7. The van der Waals surface area contributed by atoms with Crippen molar-refractivity contribution in [3.8, 4) is 5.75 Å². The quantitative estimate of drug-likeness (QED) is 0.405. The van der Waals surface area contributed by atoms with E-state index in [0.717, 1.165) is 5.69 Å². The molecule has 0 saturated heterocycles. The zero-order valence-electron chi connectivity index (χ0n) is 15.9. The molecule has 29 heavy (non-hydrogen) atoms. The average molecular weight is 419 g/mol. The first-order chi connectivity index (χ1) is 13.9. The molecule has 0 N–H and O–H groups in total. The molecule has 0 saturated carbocycles. The van der Waals surface area contributed by atoms with Gasteiger partial charge in [-0.1, -0.05) is 23.7 Å². The van der Waals surface area contributed by atoms with Crippen molar-refractivity contribution in [2.24, 2.45) is 0 Å². The minimum absolute atomic E-state index is 0.0454. The highest BCUT2D eigenvalue weighted by Gasteiger charge is 2.20. The lowest BCUT2D eigenvalue weighted by Gasteiger charge is -2.16. The summed E-state index contributed by atoms with van der Waals surface area (Å²) in [6.45, 7) is 2.80. The third-order valence-corrected chi connectivity index (χ3v) is 4.55. The van der Waals surface area contributed by atoms with Crippen LogP contribution in [0.15, 0.2) is 47.0 Å². The molecule has 3 rings (SSSR count). The molecule has 0 fully saturated rings. The van der Waals surface area contributed by atoms with Crippen molar-refractivity contribution in [3.05, 3.63) is 74.9 Å². The number of furan rings is 1. The minimum Gasteiger partial charge on any atom is -0.479 e. The van der Waals surface area contributed by atoms with E-state index in [9.17, 15) is 14.9 Å². The molecule has 1 amide bonds. The van der Waals surface area contributed by atoms with E-state index in [4.69, 9.17) is 20.8 Å². The van der Waals surface area contributed by atoms with Crippen LogP contribution in [0.25, 0.3) is 0 Å². The van der Waals surface area contributed by atoms with E-state index in [-0.39, 0.29) is 36.3 Å². The van der Waals surface area contributed by atoms with Crippen LogP contribution < -0.4 is 4.74 Å². The van der Waals surface area contributed by atoms with Gasteiger partial charge in [-0.3, -0.25) is 19.6 Å². The van der Waals surface area contributed by atoms with Gasteiger partial charge in [-0.25, -0.2) is 0 Å². The Labute approximate surface area is 171 Å². The topological polar surface area (TPSA) is 104 Å². The number of aryl methyl sites for hydroxylation is 1. The molecule has 0 unspecified atom stereocenters. The number of amides is 1. The number of nitrogens with zero attached hydrogens (tertiary/aromatic N) is 4. The van der Waals surface area contributed by atoms with Crippen molar-refractivity contribution in [2.75, 3.05) is 7.05 Å². The van der Waals surface area contributed by atoms with Crippen molar-refractivity contribution in [1.29, 1.82) is 0 Å². The molecule has 9 nitrogen and oxygen atoms in total. The molecule has 0 radical (unpaired) electrons. The summed E-state index contributed by atoms with van der Waals surface area (Å²) >= 11 is 6.15. The molecule has 1 aromatic carbocycles. The first kappa shape index (κ1) is 20.4. The number of halogens is 1. The van der Waals surface area contributed by atoms with Crippen molar-refractivity contribution >= 4 is 23.2 Å². The molecule has 0 atom stereocenters. The van der Waals surface area contributed by atoms with Crippen molar-refractivity contribution < 1.29 is 18.9 Å². The normalized spacial score (nSPS) is 10.7. The Balaban J connectivity index is 1.65. The number of carbonyl (C=O) groups excluding carboxylic acids is 1. The van der Waals surface area contributed by atoms with Gasteiger partial charge in [0.05, 0.1) is 28.4 Å². The maximum Gasteiger partial charge on any atom is 0.310 e. The van der Waals surface area contributed by atoms with Crippen LogP contribution in [0.1, 0.15) is 28.9 Å². The van der Waals surface area contributed by atoms with Crippen LogP contribution in [-0.2, 0) is 19.7 Å². The SMILES string of the molecule is CCn1ncc(Cl)c1CN(C)C(=O)c1ccc(COc2ccccc2[N+](=O)[O-])o1. The van der Waals surface area contributed by atoms with Crippen LogP contribution in [-0.4, -0.2) is 32.6 Å². The summed E-state index contributed by atoms with van der Waals surface area (Å²) in [5.41, 5.74) is 0.594. The maximum atomic E-state index is 12.6. The Kier molecular flexibility index (Phi) is 6.18. The number of hydrogen-bond donors (Lipinski definition) is 0. The smallest absolute Gasteiger partial charge is 0.310 e. The zero-order valence-corrected chi connectivity index (χ0v) is 16.6. The second kappa shape index (κ2) is 8.78. The Bertz CT molecular complexity index is 1030. The first-order valence-corrected chi connectivity index (χ1v) is 9.19. The number of ether oxygens (including phenoxy) is 1. The van der Waals surface area contributed by atoms with E-state index in [2.05, 4.69) is 5.10 Å². The fraction of sp³-hybridized carbons (Fsp3) is 0.263. The number of hydrogen-bond acceptors (Lipinski definition) is 6. The summed E-state index contributed by atoms with van der Waals surface area (Å²) in [6, 6.07) is 9.19. The second-order valence-corrected chi connectivity index (χ2v) is 6.60. The number of benzene rings is 1. The third kappa shape index (κ3) is 4.57. The van der Waals surface area contributed by atoms with Gasteiger partial charge < -0.3 is 14.1 Å². The van der Waals surface area contributed by atoms with E-state index in [0.29, 0.717) is 17.3 Å². The third-order valence-electron chi connectivity index (χ3n) is 4.24. The van der Waals surface area contributed by atoms with E-state index in [1.54, 1.807) is 36.1 Å². The van der Waals surface area contributed by atoms with Gasteiger partial charge in [-0.05, 0) is 25.1 Å². The van der Waals surface area contributed by atoms with Gasteiger partial charge in [-0.15, -0.1) is 0 Å². The maximum absolute atomic E-state index is 12.6. The van der Waals surface area contributed by atoms with Crippen LogP contribution in [0.2, 0.25) is 5.02 Å². The standard InChI is InChI=1S/C19H19ClN4O5/c1-3-23-16(14(20)10-21-23)11-22(2)19(25)18-9-8-13(29-18)12-28-17-7-5-4-6-15(17)24(26)27/h4-10H,3,11-12H2,1-2H3. The molecule has 152 valence electrons. The highest BCUT2D eigenvalue weighted by atomic mass is 35.5. The Morgan fingerprint density at radius 2 is 2.10 bits per heavy atom. The van der Waals surface area contributed by atoms with Gasteiger partial charge in [-0.2, -0.15) is 5.10 Å². The summed E-state index contributed by atoms with van der Waals surface area (Å²) in [6.07, 6.45) is 1.55. The molecule has 10 heteroatoms. The van der Waals surface area contributed by atoms with Gasteiger partial charge in [0.1, 0.15) is 12.4 Å². The summed E-state index contributed by atoms with van der Waals surface area (Å²) in [4.78, 5) is 24.6. The molecule has 0 aliphatic carbocycles. The van der Waals surface area contributed by atoms with Gasteiger partial charge in [0.2, 0.25) is 0 Å². The number of aromatic nitrogens is 2. The molecule has 2 heterocycles. The van der Waals surface area contributed by atoms with Crippen LogP contribution in [0.3, 0.4) is 0 Å². The number of para-hydroxylation sites is 2. The van der Waals surface area contributed by atoms with Crippen molar-refractivity contribution in [3.63, 3.8) is 0 Å². The lowest BCUT2D eigenvalue weighted by molar-refractivity contribution is -0.386. The lowest BCUT2D eigenvalue weighted by atomic mass is 10.3. The predicted molar refractivity (Wildman–Crippen MR) is 105 cm³/mol. The van der Waals surface area contributed by atoms with Crippen LogP contribution >= 0.6 is 11.6 Å². The Morgan fingerprint density at radius 3 is 2.83 bits per heavy atom. The molecular formula is C19H19ClN4O5. The predicted octanol–water partition coefficient (Wildman–Crippen LogP) is 3.91. The van der Waals surface area contributed by atoms with Gasteiger partial charge in [0.25, 0.3) is 5.91 Å². The number of nitro groups is 1. The Morgan fingerprint density at radius 1 is 1.34 bits per heavy atom. The molecule has 0 aliphatic heterocycles. The van der Waals surface area contributed by atoms with Crippen LogP contribution in [0.4, 0.5) is 5.69 Å².